The van der Waals surface area contributed by atoms with Crippen molar-refractivity contribution in [3.05, 3.63) is 29.6 Å². The van der Waals surface area contributed by atoms with E-state index in [1.54, 1.807) is 0 Å². The highest BCUT2D eigenvalue weighted by molar-refractivity contribution is 6.00. The lowest BCUT2D eigenvalue weighted by Crippen LogP contribution is -2.45. The number of nitrogens with two attached hydrogens (primary N) is 1. The first-order valence-electron chi connectivity index (χ1n) is 5.04. The van der Waals surface area contributed by atoms with Gasteiger partial charge < -0.3 is 20.9 Å². The van der Waals surface area contributed by atoms with Crippen LogP contribution in [0.15, 0.2) is 18.2 Å². The van der Waals surface area contributed by atoms with Gasteiger partial charge in [-0.3, -0.25) is 4.79 Å². The number of halogens is 1. The number of amides is 1. The number of rotatable bonds is 5. The lowest BCUT2D eigenvalue weighted by atomic mass is 10.2. The minimum atomic E-state index is -1.65. The van der Waals surface area contributed by atoms with Gasteiger partial charge in [-0.05, 0) is 18.2 Å². The molecule has 0 aromatic heterocycles. The first-order chi connectivity index (χ1) is 8.45. The van der Waals surface area contributed by atoms with E-state index in [4.69, 9.17) is 15.6 Å². The first kappa shape index (κ1) is 13.9. The number of carboxylic acid groups (broad SMARTS) is 1. The Kier molecular flexibility index (Phi) is 4.61. The van der Waals surface area contributed by atoms with Gasteiger partial charge in [0, 0.05) is 12.1 Å². The van der Waals surface area contributed by atoms with E-state index in [1.165, 1.54) is 25.3 Å². The Morgan fingerprint density at radius 2 is 2.22 bits per heavy atom. The molecule has 0 aliphatic rings. The Balaban J connectivity index is 2.71. The monoisotopic (exact) mass is 256 g/mol. The molecule has 1 rings (SSSR count). The van der Waals surface area contributed by atoms with Crippen molar-refractivity contribution in [3.8, 4) is 5.75 Å². The second-order valence-corrected chi connectivity index (χ2v) is 3.49. The fraction of sp³-hybridized carbons (Fsp3) is 0.273. The summed E-state index contributed by atoms with van der Waals surface area (Å²) in [4.78, 5) is 21.7. The maximum Gasteiger partial charge on any atom is 0.330 e. The molecule has 7 heteroatoms. The summed E-state index contributed by atoms with van der Waals surface area (Å²) in [5.41, 5.74) is 5.50. The molecule has 0 aliphatic carbocycles. The summed E-state index contributed by atoms with van der Waals surface area (Å²) in [6, 6.07) is 2.16. The third-order valence-electron chi connectivity index (χ3n) is 2.24. The van der Waals surface area contributed by atoms with E-state index in [0.717, 1.165) is 0 Å². The second-order valence-electron chi connectivity index (χ2n) is 3.49. The molecule has 0 fully saturated rings. The maximum atomic E-state index is 13.0. The van der Waals surface area contributed by atoms with Gasteiger partial charge in [0.15, 0.2) is 6.04 Å². The molecule has 0 saturated carbocycles. The van der Waals surface area contributed by atoms with Crippen LogP contribution in [0.1, 0.15) is 5.56 Å². The predicted molar refractivity (Wildman–Crippen MR) is 60.4 cm³/mol. The number of hydrogen-bond donors (Lipinski definition) is 3. The Labute approximate surface area is 103 Å². The average molecular weight is 256 g/mol. The van der Waals surface area contributed by atoms with E-state index in [9.17, 15) is 14.0 Å². The lowest BCUT2D eigenvalue weighted by Gasteiger charge is -2.11. The number of hydrogen-bond acceptors (Lipinski definition) is 4. The van der Waals surface area contributed by atoms with E-state index in [1.807, 2.05) is 0 Å². The molecule has 1 amide bonds. The van der Waals surface area contributed by atoms with Gasteiger partial charge in [0.2, 0.25) is 5.91 Å². The van der Waals surface area contributed by atoms with Crippen LogP contribution in [0.5, 0.6) is 5.75 Å². The third-order valence-corrected chi connectivity index (χ3v) is 2.24. The van der Waals surface area contributed by atoms with Crippen molar-refractivity contribution >= 4 is 11.9 Å². The van der Waals surface area contributed by atoms with E-state index >= 15 is 0 Å². The fourth-order valence-corrected chi connectivity index (χ4v) is 1.29. The van der Waals surface area contributed by atoms with Crippen molar-refractivity contribution in [1.29, 1.82) is 0 Å². The van der Waals surface area contributed by atoms with Gasteiger partial charge in [-0.1, -0.05) is 0 Å². The minimum Gasteiger partial charge on any atom is -0.496 e. The highest BCUT2D eigenvalue weighted by Gasteiger charge is 2.20. The molecule has 1 aromatic carbocycles. The van der Waals surface area contributed by atoms with E-state index < -0.39 is 23.7 Å². The summed E-state index contributed by atoms with van der Waals surface area (Å²) in [5.74, 6) is -2.38. The molecule has 0 bridgehead atoms. The summed E-state index contributed by atoms with van der Waals surface area (Å²) in [6.45, 7) is -0.0687. The molecule has 6 nitrogen and oxygen atoms in total. The molecule has 98 valence electrons. The molecule has 0 radical (unpaired) electrons. The van der Waals surface area contributed by atoms with Crippen LogP contribution >= 0.6 is 0 Å². The van der Waals surface area contributed by atoms with Crippen molar-refractivity contribution in [2.75, 3.05) is 7.11 Å². The minimum absolute atomic E-state index is 0.0687. The highest BCUT2D eigenvalue weighted by atomic mass is 19.1. The molecule has 0 spiro atoms. The SMILES string of the molecule is COc1ccc(F)cc1CNC(=O)C(N)C(=O)O. The third kappa shape index (κ3) is 3.42. The van der Waals surface area contributed by atoms with Gasteiger partial charge in [0.05, 0.1) is 7.11 Å². The molecular formula is C11H13FN2O4. The van der Waals surface area contributed by atoms with Crippen LogP contribution < -0.4 is 15.8 Å². The largest absolute Gasteiger partial charge is 0.496 e. The number of carboxylic acids is 1. The van der Waals surface area contributed by atoms with Gasteiger partial charge in [0.25, 0.3) is 0 Å². The van der Waals surface area contributed by atoms with Gasteiger partial charge in [0.1, 0.15) is 11.6 Å². The van der Waals surface area contributed by atoms with Crippen molar-refractivity contribution < 1.29 is 23.8 Å². The molecule has 0 saturated heterocycles. The van der Waals surface area contributed by atoms with Gasteiger partial charge in [-0.2, -0.15) is 0 Å². The summed E-state index contributed by atoms with van der Waals surface area (Å²) in [6.07, 6.45) is 0. The van der Waals surface area contributed by atoms with E-state index in [2.05, 4.69) is 5.32 Å². The van der Waals surface area contributed by atoms with Crippen molar-refractivity contribution in [2.24, 2.45) is 5.73 Å². The van der Waals surface area contributed by atoms with Crippen LogP contribution in [0.3, 0.4) is 0 Å². The Morgan fingerprint density at radius 3 is 2.78 bits per heavy atom. The zero-order valence-corrected chi connectivity index (χ0v) is 9.64. The summed E-state index contributed by atoms with van der Waals surface area (Å²) in [5, 5.41) is 10.8. The molecule has 18 heavy (non-hydrogen) atoms. The van der Waals surface area contributed by atoms with Crippen LogP contribution in [-0.2, 0) is 16.1 Å². The van der Waals surface area contributed by atoms with Crippen LogP contribution in [0.4, 0.5) is 4.39 Å². The Morgan fingerprint density at radius 1 is 1.56 bits per heavy atom. The first-order valence-corrected chi connectivity index (χ1v) is 5.04. The number of carbonyl (C=O) groups is 2. The normalized spacial score (nSPS) is 11.7. The standard InChI is InChI=1S/C11H13FN2O4/c1-18-8-3-2-7(12)4-6(8)5-14-10(15)9(13)11(16)17/h2-4,9H,5,13H2,1H3,(H,14,15)(H,16,17). The molecular weight excluding hydrogens is 243 g/mol. The van der Waals surface area contributed by atoms with Gasteiger partial charge in [-0.15, -0.1) is 0 Å². The van der Waals surface area contributed by atoms with Crippen LogP contribution in [0.25, 0.3) is 0 Å². The number of aliphatic carboxylic acids is 1. The van der Waals surface area contributed by atoms with Crippen molar-refractivity contribution in [3.63, 3.8) is 0 Å². The van der Waals surface area contributed by atoms with Crippen molar-refractivity contribution in [2.45, 2.75) is 12.6 Å². The van der Waals surface area contributed by atoms with Crippen LogP contribution in [0, 0.1) is 5.82 Å². The number of benzene rings is 1. The van der Waals surface area contributed by atoms with E-state index in [-0.39, 0.29) is 6.54 Å². The summed E-state index contributed by atoms with van der Waals surface area (Å²) in [7, 11) is 1.40. The quantitative estimate of drug-likeness (QED) is 0.636. The second kappa shape index (κ2) is 5.97. The lowest BCUT2D eigenvalue weighted by molar-refractivity contribution is -0.142. The topological polar surface area (TPSA) is 102 Å². The molecule has 1 atom stereocenters. The highest BCUT2D eigenvalue weighted by Crippen LogP contribution is 2.18. The number of ether oxygens (including phenoxy) is 1. The van der Waals surface area contributed by atoms with Crippen LogP contribution in [0.2, 0.25) is 0 Å². The van der Waals surface area contributed by atoms with E-state index in [0.29, 0.717) is 11.3 Å². The number of nitrogens with one attached hydrogen (secondary N) is 1. The molecule has 0 heterocycles. The summed E-state index contributed by atoms with van der Waals surface area (Å²) < 4.78 is 18.0. The molecule has 4 N–H and O–H groups in total. The molecule has 1 aromatic rings. The smallest absolute Gasteiger partial charge is 0.330 e. The maximum absolute atomic E-state index is 13.0. The molecule has 1 unspecified atom stereocenters. The Hall–Kier alpha value is -2.15. The average Bonchev–Trinajstić information content (AvgIpc) is 2.35. The van der Waals surface area contributed by atoms with Crippen molar-refractivity contribution in [1.82, 2.24) is 5.32 Å². The number of methoxy groups -OCH3 is 1. The number of carbonyl (C=O) groups excluding carboxylic acids is 1. The zero-order valence-electron chi connectivity index (χ0n) is 9.64. The fourth-order valence-electron chi connectivity index (χ4n) is 1.29. The Bertz CT molecular complexity index is 464. The van der Waals surface area contributed by atoms with Gasteiger partial charge in [-0.25, -0.2) is 9.18 Å². The zero-order chi connectivity index (χ0) is 13.7. The predicted octanol–water partition coefficient (Wildman–Crippen LogP) is -0.138. The van der Waals surface area contributed by atoms with Gasteiger partial charge >= 0.3 is 5.97 Å². The van der Waals surface area contributed by atoms with Crippen LogP contribution in [-0.4, -0.2) is 30.1 Å². The molecule has 0 aliphatic heterocycles. The summed E-state index contributed by atoms with van der Waals surface area (Å²) >= 11 is 0.